The van der Waals surface area contributed by atoms with Gasteiger partial charge < -0.3 is 10.0 Å². The van der Waals surface area contributed by atoms with Gasteiger partial charge >= 0.3 is 0 Å². The number of likely N-dealkylation sites (N-methyl/N-ethyl adjacent to an activating group) is 1. The number of hydrogen-bond acceptors (Lipinski definition) is 3. The molecule has 0 heterocycles. The lowest BCUT2D eigenvalue weighted by molar-refractivity contribution is -0.127. The van der Waals surface area contributed by atoms with Crippen LogP contribution in [0.3, 0.4) is 0 Å². The number of unbranched alkanes of at least 4 members (excludes halogenated alkanes) is 14. The molecule has 25 heavy (non-hydrogen) atoms. The van der Waals surface area contributed by atoms with E-state index in [9.17, 15) is 9.90 Å². The highest BCUT2D eigenvalue weighted by Gasteiger charge is 2.14. The van der Waals surface area contributed by atoms with Crippen LogP contribution in [0.25, 0.3) is 0 Å². The number of aliphatic hydroxyl groups is 1. The van der Waals surface area contributed by atoms with Gasteiger partial charge in [0.15, 0.2) is 5.78 Å². The van der Waals surface area contributed by atoms with E-state index in [1.54, 1.807) is 0 Å². The summed E-state index contributed by atoms with van der Waals surface area (Å²) in [5.74, 6) is 0.00314. The molecule has 0 aromatic carbocycles. The average Bonchev–Trinajstić information content (AvgIpc) is 2.57. The molecular formula is C22H45NO2. The maximum atomic E-state index is 11.7. The molecule has 1 unspecified atom stereocenters. The molecule has 0 spiro atoms. The van der Waals surface area contributed by atoms with E-state index < -0.39 is 6.10 Å². The number of nitrogens with zero attached hydrogens (tertiary/aromatic N) is 1. The first-order valence-electron chi connectivity index (χ1n) is 10.9. The molecule has 0 amide bonds. The Labute approximate surface area is 157 Å². The van der Waals surface area contributed by atoms with Crippen molar-refractivity contribution in [3.63, 3.8) is 0 Å². The highest BCUT2D eigenvalue weighted by molar-refractivity contribution is 5.82. The van der Waals surface area contributed by atoms with E-state index in [2.05, 4.69) is 6.92 Å². The summed E-state index contributed by atoms with van der Waals surface area (Å²) in [5.41, 5.74) is 0. The van der Waals surface area contributed by atoms with Gasteiger partial charge in [-0.25, -0.2) is 0 Å². The predicted octanol–water partition coefficient (Wildman–Crippen LogP) is 5.74. The fraction of sp³-hybridized carbons (Fsp3) is 0.955. The minimum Gasteiger partial charge on any atom is -0.384 e. The zero-order valence-corrected chi connectivity index (χ0v) is 17.4. The Morgan fingerprint density at radius 2 is 1.08 bits per heavy atom. The topological polar surface area (TPSA) is 40.5 Å². The smallest absolute Gasteiger partial charge is 0.162 e. The van der Waals surface area contributed by atoms with Crippen LogP contribution in [0.2, 0.25) is 0 Å². The summed E-state index contributed by atoms with van der Waals surface area (Å²) in [7, 11) is 3.76. The zero-order valence-electron chi connectivity index (χ0n) is 17.4. The molecule has 0 radical (unpaired) electrons. The second kappa shape index (κ2) is 18.4. The minimum absolute atomic E-state index is 0.00314. The summed E-state index contributed by atoms with van der Waals surface area (Å²) in [5, 5.41) is 9.71. The number of aliphatic hydroxyl groups excluding tert-OH is 1. The molecule has 0 aliphatic carbocycles. The van der Waals surface area contributed by atoms with Crippen molar-refractivity contribution in [2.75, 3.05) is 20.6 Å². The van der Waals surface area contributed by atoms with Gasteiger partial charge in [-0.05, 0) is 20.5 Å². The van der Waals surface area contributed by atoms with Gasteiger partial charge in [0.2, 0.25) is 0 Å². The first kappa shape index (κ1) is 24.6. The summed E-state index contributed by atoms with van der Waals surface area (Å²) in [6.45, 7) is 2.72. The number of carbonyl (C=O) groups excluding carboxylic acids is 1. The van der Waals surface area contributed by atoms with Crippen molar-refractivity contribution in [1.82, 2.24) is 4.90 Å². The highest BCUT2D eigenvalue weighted by Crippen LogP contribution is 2.14. The van der Waals surface area contributed by atoms with E-state index in [1.165, 1.54) is 83.5 Å². The van der Waals surface area contributed by atoms with Gasteiger partial charge in [-0.2, -0.15) is 0 Å². The normalized spacial score (nSPS) is 12.7. The lowest BCUT2D eigenvalue weighted by Crippen LogP contribution is -2.32. The predicted molar refractivity (Wildman–Crippen MR) is 109 cm³/mol. The monoisotopic (exact) mass is 355 g/mol. The van der Waals surface area contributed by atoms with Crippen molar-refractivity contribution in [3.05, 3.63) is 0 Å². The SMILES string of the molecule is CCCCCCCCCCCCCCCCCC(=O)C(O)CN(C)C. The summed E-state index contributed by atoms with van der Waals surface area (Å²) >= 11 is 0. The number of carbonyl (C=O) groups is 1. The Balaban J connectivity index is 3.20. The average molecular weight is 356 g/mol. The number of rotatable bonds is 19. The van der Waals surface area contributed by atoms with Crippen LogP contribution >= 0.6 is 0 Å². The summed E-state index contributed by atoms with van der Waals surface area (Å²) in [6, 6.07) is 0. The van der Waals surface area contributed by atoms with Crippen LogP contribution in [-0.2, 0) is 4.79 Å². The van der Waals surface area contributed by atoms with Crippen LogP contribution in [0.15, 0.2) is 0 Å². The first-order chi connectivity index (χ1) is 12.1. The van der Waals surface area contributed by atoms with Crippen molar-refractivity contribution in [2.24, 2.45) is 0 Å². The molecule has 0 rings (SSSR count). The Kier molecular flexibility index (Phi) is 18.1. The highest BCUT2D eigenvalue weighted by atomic mass is 16.3. The van der Waals surface area contributed by atoms with Gasteiger partial charge in [-0.3, -0.25) is 4.79 Å². The molecule has 0 aliphatic heterocycles. The van der Waals surface area contributed by atoms with E-state index in [4.69, 9.17) is 0 Å². The van der Waals surface area contributed by atoms with Crippen LogP contribution in [0.1, 0.15) is 110 Å². The standard InChI is InChI=1S/C22H45NO2/c1-4-5-6-7-8-9-10-11-12-13-14-15-16-17-18-19-21(24)22(25)20-23(2)3/h22,25H,4-20H2,1-3H3. The van der Waals surface area contributed by atoms with Gasteiger partial charge in [0, 0.05) is 13.0 Å². The van der Waals surface area contributed by atoms with Gasteiger partial charge in [0.05, 0.1) is 0 Å². The largest absolute Gasteiger partial charge is 0.384 e. The molecule has 3 nitrogen and oxygen atoms in total. The van der Waals surface area contributed by atoms with Crippen molar-refractivity contribution >= 4 is 5.78 Å². The fourth-order valence-corrected chi connectivity index (χ4v) is 3.28. The Hall–Kier alpha value is -0.410. The third-order valence-electron chi connectivity index (χ3n) is 4.94. The molecule has 0 bridgehead atoms. The second-order valence-electron chi connectivity index (χ2n) is 7.94. The summed E-state index contributed by atoms with van der Waals surface area (Å²) in [6.07, 6.45) is 19.7. The van der Waals surface area contributed by atoms with Crippen LogP contribution in [-0.4, -0.2) is 42.5 Å². The Morgan fingerprint density at radius 1 is 0.720 bits per heavy atom. The van der Waals surface area contributed by atoms with E-state index >= 15 is 0 Å². The Morgan fingerprint density at radius 3 is 1.44 bits per heavy atom. The van der Waals surface area contributed by atoms with Crippen molar-refractivity contribution < 1.29 is 9.90 Å². The molecule has 0 saturated carbocycles. The van der Waals surface area contributed by atoms with Gasteiger partial charge in [0.25, 0.3) is 0 Å². The molecule has 0 aromatic heterocycles. The summed E-state index contributed by atoms with van der Waals surface area (Å²) < 4.78 is 0. The van der Waals surface area contributed by atoms with E-state index in [1.807, 2.05) is 19.0 Å². The van der Waals surface area contributed by atoms with Gasteiger partial charge in [-0.1, -0.05) is 96.8 Å². The quantitative estimate of drug-likeness (QED) is 0.300. The zero-order chi connectivity index (χ0) is 18.8. The van der Waals surface area contributed by atoms with Crippen molar-refractivity contribution in [3.8, 4) is 0 Å². The molecule has 150 valence electrons. The molecular weight excluding hydrogens is 310 g/mol. The van der Waals surface area contributed by atoms with Gasteiger partial charge in [0.1, 0.15) is 6.10 Å². The number of ketones is 1. The molecule has 0 saturated heterocycles. The Bertz CT molecular complexity index is 292. The molecule has 0 fully saturated rings. The lowest BCUT2D eigenvalue weighted by Gasteiger charge is -2.14. The lowest BCUT2D eigenvalue weighted by atomic mass is 10.0. The van der Waals surface area contributed by atoms with Crippen LogP contribution in [0, 0.1) is 0 Å². The molecule has 1 atom stereocenters. The van der Waals surface area contributed by atoms with Crippen LogP contribution in [0.5, 0.6) is 0 Å². The van der Waals surface area contributed by atoms with Crippen molar-refractivity contribution in [1.29, 1.82) is 0 Å². The van der Waals surface area contributed by atoms with E-state index in [0.717, 1.165) is 12.8 Å². The van der Waals surface area contributed by atoms with Gasteiger partial charge in [-0.15, -0.1) is 0 Å². The summed E-state index contributed by atoms with van der Waals surface area (Å²) in [4.78, 5) is 13.6. The fourth-order valence-electron chi connectivity index (χ4n) is 3.28. The van der Waals surface area contributed by atoms with E-state index in [0.29, 0.717) is 13.0 Å². The maximum absolute atomic E-state index is 11.7. The molecule has 1 N–H and O–H groups in total. The third-order valence-corrected chi connectivity index (χ3v) is 4.94. The number of Topliss-reactive ketones (excluding diaryl/α,β-unsaturated/α-hetero) is 1. The van der Waals surface area contributed by atoms with Crippen LogP contribution in [0.4, 0.5) is 0 Å². The van der Waals surface area contributed by atoms with Crippen molar-refractivity contribution in [2.45, 2.75) is 116 Å². The van der Waals surface area contributed by atoms with E-state index in [-0.39, 0.29) is 5.78 Å². The second-order valence-corrected chi connectivity index (χ2v) is 7.94. The number of hydrogen-bond donors (Lipinski definition) is 1. The minimum atomic E-state index is -0.804. The maximum Gasteiger partial charge on any atom is 0.162 e. The molecule has 0 aromatic rings. The third kappa shape index (κ3) is 18.2. The molecule has 3 heteroatoms. The first-order valence-corrected chi connectivity index (χ1v) is 10.9. The van der Waals surface area contributed by atoms with Crippen LogP contribution < -0.4 is 0 Å². The molecule has 0 aliphatic rings.